The van der Waals surface area contributed by atoms with Crippen molar-refractivity contribution in [2.75, 3.05) is 5.73 Å². The van der Waals surface area contributed by atoms with E-state index in [1.165, 1.54) is 0 Å². The standard InChI is InChI=1S/C19H15N3O/c20-15-5-1-13(2-6-15)18-11-22-19-17(18)9-14(10-21-19)12-3-7-16(23)8-4-12/h1-11,23H,20H2,(H,21,22). The number of nitrogens with one attached hydrogen (secondary N) is 1. The highest BCUT2D eigenvalue weighted by Crippen LogP contribution is 2.31. The number of rotatable bonds is 2. The molecular weight excluding hydrogens is 286 g/mol. The number of pyridine rings is 1. The van der Waals surface area contributed by atoms with Gasteiger partial charge in [-0.1, -0.05) is 24.3 Å². The van der Waals surface area contributed by atoms with Crippen LogP contribution < -0.4 is 5.73 Å². The Kier molecular flexibility index (Phi) is 3.01. The zero-order valence-electron chi connectivity index (χ0n) is 12.3. The van der Waals surface area contributed by atoms with Crippen LogP contribution in [0.3, 0.4) is 0 Å². The van der Waals surface area contributed by atoms with Crippen LogP contribution in [0.5, 0.6) is 5.75 Å². The topological polar surface area (TPSA) is 74.9 Å². The van der Waals surface area contributed by atoms with Crippen molar-refractivity contribution in [3.63, 3.8) is 0 Å². The van der Waals surface area contributed by atoms with Crippen molar-refractivity contribution in [3.8, 4) is 28.0 Å². The second-order valence-electron chi connectivity index (χ2n) is 5.49. The number of fused-ring (bicyclic) bond motifs is 1. The summed E-state index contributed by atoms with van der Waals surface area (Å²) in [4.78, 5) is 7.71. The lowest BCUT2D eigenvalue weighted by atomic mass is 10.0. The van der Waals surface area contributed by atoms with Gasteiger partial charge in [0.1, 0.15) is 11.4 Å². The van der Waals surface area contributed by atoms with E-state index in [-0.39, 0.29) is 5.75 Å². The molecule has 0 amide bonds. The number of aromatic nitrogens is 2. The summed E-state index contributed by atoms with van der Waals surface area (Å²) in [5.74, 6) is 0.256. The van der Waals surface area contributed by atoms with Gasteiger partial charge in [0.05, 0.1) is 0 Å². The van der Waals surface area contributed by atoms with Gasteiger partial charge in [-0.3, -0.25) is 0 Å². The maximum absolute atomic E-state index is 9.43. The largest absolute Gasteiger partial charge is 0.508 e. The first-order chi connectivity index (χ1) is 11.2. The lowest BCUT2D eigenvalue weighted by molar-refractivity contribution is 0.475. The average molecular weight is 301 g/mol. The van der Waals surface area contributed by atoms with Crippen molar-refractivity contribution < 1.29 is 5.11 Å². The summed E-state index contributed by atoms with van der Waals surface area (Å²) in [6.45, 7) is 0. The molecule has 0 aliphatic heterocycles. The van der Waals surface area contributed by atoms with Gasteiger partial charge in [-0.15, -0.1) is 0 Å². The molecule has 2 aromatic heterocycles. The average Bonchev–Trinajstić information content (AvgIpc) is 2.99. The Hall–Kier alpha value is -3.27. The molecule has 0 fully saturated rings. The molecule has 0 saturated heterocycles. The van der Waals surface area contributed by atoms with Crippen molar-refractivity contribution in [1.82, 2.24) is 9.97 Å². The number of phenols is 1. The van der Waals surface area contributed by atoms with Crippen LogP contribution in [-0.2, 0) is 0 Å². The van der Waals surface area contributed by atoms with Crippen LogP contribution in [0, 0.1) is 0 Å². The molecule has 0 aliphatic carbocycles. The Labute approximate surface area is 133 Å². The van der Waals surface area contributed by atoms with Crippen LogP contribution in [0.15, 0.2) is 67.0 Å². The SMILES string of the molecule is Nc1ccc(-c2c[nH]c3ncc(-c4ccc(O)cc4)cc23)cc1. The minimum Gasteiger partial charge on any atom is -0.508 e. The number of nitrogens with zero attached hydrogens (tertiary/aromatic N) is 1. The molecular formula is C19H15N3O. The number of nitrogens with two attached hydrogens (primary N) is 1. The molecule has 2 heterocycles. The molecule has 4 aromatic rings. The Bertz CT molecular complexity index is 970. The number of nitrogen functional groups attached to an aromatic ring is 1. The van der Waals surface area contributed by atoms with E-state index in [1.54, 1.807) is 12.1 Å². The summed E-state index contributed by atoms with van der Waals surface area (Å²) in [7, 11) is 0. The first-order valence-electron chi connectivity index (χ1n) is 7.33. The third-order valence-corrected chi connectivity index (χ3v) is 3.95. The van der Waals surface area contributed by atoms with Crippen molar-refractivity contribution in [3.05, 3.63) is 67.0 Å². The zero-order valence-corrected chi connectivity index (χ0v) is 12.3. The van der Waals surface area contributed by atoms with E-state index in [9.17, 15) is 5.11 Å². The van der Waals surface area contributed by atoms with E-state index in [0.29, 0.717) is 0 Å². The number of aromatic hydroxyl groups is 1. The predicted molar refractivity (Wildman–Crippen MR) is 93.0 cm³/mol. The molecule has 112 valence electrons. The summed E-state index contributed by atoms with van der Waals surface area (Å²) >= 11 is 0. The number of aromatic amines is 1. The van der Waals surface area contributed by atoms with Crippen LogP contribution in [0.4, 0.5) is 5.69 Å². The molecule has 23 heavy (non-hydrogen) atoms. The van der Waals surface area contributed by atoms with Gasteiger partial charge in [0.15, 0.2) is 0 Å². The summed E-state index contributed by atoms with van der Waals surface area (Å²) in [6, 6.07) is 17.0. The van der Waals surface area contributed by atoms with Crippen LogP contribution in [-0.4, -0.2) is 15.1 Å². The quantitative estimate of drug-likeness (QED) is 0.486. The summed E-state index contributed by atoms with van der Waals surface area (Å²) in [5, 5.41) is 10.5. The molecule has 0 unspecified atom stereocenters. The van der Waals surface area contributed by atoms with Gasteiger partial charge in [-0.25, -0.2) is 4.98 Å². The number of hydrogen-bond donors (Lipinski definition) is 3. The van der Waals surface area contributed by atoms with Crippen molar-refractivity contribution in [2.45, 2.75) is 0 Å². The second kappa shape index (κ2) is 5.18. The molecule has 4 heteroatoms. The fourth-order valence-electron chi connectivity index (χ4n) is 2.72. The van der Waals surface area contributed by atoms with Crippen LogP contribution in [0.2, 0.25) is 0 Å². The number of hydrogen-bond acceptors (Lipinski definition) is 3. The van der Waals surface area contributed by atoms with E-state index in [0.717, 1.165) is 39.0 Å². The molecule has 0 radical (unpaired) electrons. The third-order valence-electron chi connectivity index (χ3n) is 3.95. The summed E-state index contributed by atoms with van der Waals surface area (Å²) in [6.07, 6.45) is 3.79. The minimum atomic E-state index is 0.256. The van der Waals surface area contributed by atoms with Crippen molar-refractivity contribution >= 4 is 16.7 Å². The maximum atomic E-state index is 9.43. The Balaban J connectivity index is 1.86. The number of anilines is 1. The number of benzene rings is 2. The minimum absolute atomic E-state index is 0.256. The van der Waals surface area contributed by atoms with Gasteiger partial charge in [0.2, 0.25) is 0 Å². The fourth-order valence-corrected chi connectivity index (χ4v) is 2.72. The normalized spacial score (nSPS) is 11.0. The highest BCUT2D eigenvalue weighted by molar-refractivity contribution is 5.95. The summed E-state index contributed by atoms with van der Waals surface area (Å²) < 4.78 is 0. The van der Waals surface area contributed by atoms with E-state index < -0.39 is 0 Å². The van der Waals surface area contributed by atoms with Crippen molar-refractivity contribution in [1.29, 1.82) is 0 Å². The fraction of sp³-hybridized carbons (Fsp3) is 0. The Morgan fingerprint density at radius 3 is 2.30 bits per heavy atom. The smallest absolute Gasteiger partial charge is 0.137 e. The van der Waals surface area contributed by atoms with E-state index in [1.807, 2.05) is 48.8 Å². The van der Waals surface area contributed by atoms with E-state index in [4.69, 9.17) is 5.73 Å². The van der Waals surface area contributed by atoms with Crippen molar-refractivity contribution in [2.24, 2.45) is 0 Å². The third kappa shape index (κ3) is 2.40. The highest BCUT2D eigenvalue weighted by Gasteiger charge is 2.09. The molecule has 4 N–H and O–H groups in total. The Morgan fingerprint density at radius 1 is 0.870 bits per heavy atom. The molecule has 4 nitrogen and oxygen atoms in total. The van der Waals surface area contributed by atoms with Gasteiger partial charge in [0.25, 0.3) is 0 Å². The molecule has 2 aromatic carbocycles. The maximum Gasteiger partial charge on any atom is 0.137 e. The molecule has 0 saturated carbocycles. The molecule has 0 bridgehead atoms. The monoisotopic (exact) mass is 301 g/mol. The molecule has 0 atom stereocenters. The first-order valence-corrected chi connectivity index (χ1v) is 7.33. The highest BCUT2D eigenvalue weighted by atomic mass is 16.3. The molecule has 0 spiro atoms. The van der Waals surface area contributed by atoms with E-state index >= 15 is 0 Å². The second-order valence-corrected chi connectivity index (χ2v) is 5.49. The van der Waals surface area contributed by atoms with Crippen LogP contribution >= 0.6 is 0 Å². The number of H-pyrrole nitrogens is 1. The number of phenolic OH excluding ortho intramolecular Hbond substituents is 1. The zero-order chi connectivity index (χ0) is 15.8. The first kappa shape index (κ1) is 13.4. The van der Waals surface area contributed by atoms with Gasteiger partial charge in [0, 0.05) is 34.6 Å². The molecule has 0 aliphatic rings. The Morgan fingerprint density at radius 2 is 1.57 bits per heavy atom. The summed E-state index contributed by atoms with van der Waals surface area (Å²) in [5.41, 5.74) is 11.6. The lowest BCUT2D eigenvalue weighted by Gasteiger charge is -2.04. The molecule has 4 rings (SSSR count). The lowest BCUT2D eigenvalue weighted by Crippen LogP contribution is -1.84. The van der Waals surface area contributed by atoms with Gasteiger partial charge in [-0.2, -0.15) is 0 Å². The van der Waals surface area contributed by atoms with Crippen LogP contribution in [0.1, 0.15) is 0 Å². The van der Waals surface area contributed by atoms with Gasteiger partial charge in [-0.05, 0) is 41.5 Å². The predicted octanol–water partition coefficient (Wildman–Crippen LogP) is 4.18. The van der Waals surface area contributed by atoms with Gasteiger partial charge < -0.3 is 15.8 Å². The van der Waals surface area contributed by atoms with E-state index in [2.05, 4.69) is 16.0 Å². The van der Waals surface area contributed by atoms with Crippen LogP contribution in [0.25, 0.3) is 33.3 Å². The van der Waals surface area contributed by atoms with Gasteiger partial charge >= 0.3 is 0 Å².